The molecule has 5 nitrogen and oxygen atoms in total. The average molecular weight is 242 g/mol. The summed E-state index contributed by atoms with van der Waals surface area (Å²) in [4.78, 5) is 23.4. The molecule has 0 aromatic carbocycles. The van der Waals surface area contributed by atoms with Crippen molar-refractivity contribution in [3.63, 3.8) is 0 Å². The van der Waals surface area contributed by atoms with Gasteiger partial charge in [-0.2, -0.15) is 0 Å². The molecule has 1 aliphatic rings. The van der Waals surface area contributed by atoms with Gasteiger partial charge in [0.1, 0.15) is 0 Å². The lowest BCUT2D eigenvalue weighted by atomic mass is 9.93. The van der Waals surface area contributed by atoms with Crippen molar-refractivity contribution in [1.29, 1.82) is 0 Å². The van der Waals surface area contributed by atoms with Gasteiger partial charge in [0.25, 0.3) is 0 Å². The number of aliphatic hydroxyl groups is 1. The summed E-state index contributed by atoms with van der Waals surface area (Å²) in [6.07, 6.45) is 1.90. The third kappa shape index (κ3) is 3.30. The first-order valence-corrected chi connectivity index (χ1v) is 5.69. The highest BCUT2D eigenvalue weighted by Crippen LogP contribution is 2.28. The van der Waals surface area contributed by atoms with Crippen LogP contribution < -0.4 is 0 Å². The van der Waals surface area contributed by atoms with E-state index in [1.807, 2.05) is 0 Å². The lowest BCUT2D eigenvalue weighted by Gasteiger charge is -2.28. The summed E-state index contributed by atoms with van der Waals surface area (Å²) in [6.45, 7) is 5.07. The van der Waals surface area contributed by atoms with Gasteiger partial charge in [0, 0.05) is 18.6 Å². The highest BCUT2D eigenvalue weighted by molar-refractivity contribution is 5.91. The Morgan fingerprint density at radius 1 is 1.59 bits per heavy atom. The van der Waals surface area contributed by atoms with Gasteiger partial charge in [0.2, 0.25) is 5.60 Å². The first-order chi connectivity index (χ1) is 8.02. The number of aliphatic hydroxyl groups excluding tert-OH is 1. The Morgan fingerprint density at radius 3 is 2.88 bits per heavy atom. The van der Waals surface area contributed by atoms with E-state index < -0.39 is 17.5 Å². The smallest absolute Gasteiger partial charge is 0.350 e. The molecule has 1 saturated heterocycles. The molecule has 1 rings (SSSR count). The second-order valence-electron chi connectivity index (χ2n) is 4.23. The predicted octanol–water partition coefficient (Wildman–Crippen LogP) is 0.954. The van der Waals surface area contributed by atoms with Crippen molar-refractivity contribution in [1.82, 2.24) is 0 Å². The maximum Gasteiger partial charge on any atom is 0.350 e. The van der Waals surface area contributed by atoms with E-state index in [1.54, 1.807) is 0 Å². The summed E-state index contributed by atoms with van der Waals surface area (Å²) < 4.78 is 10.2. The number of esters is 2. The van der Waals surface area contributed by atoms with Crippen LogP contribution in [-0.2, 0) is 19.1 Å². The van der Waals surface area contributed by atoms with Crippen LogP contribution in [0, 0.1) is 0 Å². The van der Waals surface area contributed by atoms with Gasteiger partial charge in [0.15, 0.2) is 0 Å². The quantitative estimate of drug-likeness (QED) is 0.587. The van der Waals surface area contributed by atoms with Gasteiger partial charge in [-0.15, -0.1) is 0 Å². The maximum absolute atomic E-state index is 11.8. The molecule has 1 aliphatic heterocycles. The SMILES string of the molecule is C=C(C)C(=O)OC1(CCO)CCCCOC1=O. The molecule has 0 radical (unpaired) electrons. The second kappa shape index (κ2) is 5.82. The first-order valence-electron chi connectivity index (χ1n) is 5.69. The minimum absolute atomic E-state index is 0.0604. The Bertz CT molecular complexity index is 323. The van der Waals surface area contributed by atoms with Crippen LogP contribution in [0.1, 0.15) is 32.6 Å². The van der Waals surface area contributed by atoms with Crippen molar-refractivity contribution in [2.45, 2.75) is 38.2 Å². The van der Waals surface area contributed by atoms with Gasteiger partial charge in [-0.3, -0.25) is 0 Å². The molecule has 0 aromatic rings. The molecule has 1 unspecified atom stereocenters. The monoisotopic (exact) mass is 242 g/mol. The zero-order valence-electron chi connectivity index (χ0n) is 10.0. The molecule has 1 N–H and O–H groups in total. The van der Waals surface area contributed by atoms with Crippen molar-refractivity contribution in [2.75, 3.05) is 13.2 Å². The summed E-state index contributed by atoms with van der Waals surface area (Å²) >= 11 is 0. The fourth-order valence-electron chi connectivity index (χ4n) is 1.73. The standard InChI is InChI=1S/C12H18O5/c1-9(2)10(14)17-12(6-7-13)5-3-4-8-16-11(12)15/h13H,1,3-8H2,2H3. The van der Waals surface area contributed by atoms with Gasteiger partial charge in [-0.05, 0) is 26.2 Å². The molecule has 0 aromatic heterocycles. The lowest BCUT2D eigenvalue weighted by Crippen LogP contribution is -2.44. The van der Waals surface area contributed by atoms with Gasteiger partial charge in [0.05, 0.1) is 6.61 Å². The molecule has 0 aliphatic carbocycles. The predicted molar refractivity (Wildman–Crippen MR) is 60.1 cm³/mol. The third-order valence-corrected chi connectivity index (χ3v) is 2.73. The van der Waals surface area contributed by atoms with Crippen LogP contribution in [0.4, 0.5) is 0 Å². The van der Waals surface area contributed by atoms with E-state index in [1.165, 1.54) is 6.92 Å². The summed E-state index contributed by atoms with van der Waals surface area (Å²) in [7, 11) is 0. The molecule has 0 bridgehead atoms. The van der Waals surface area contributed by atoms with Gasteiger partial charge >= 0.3 is 11.9 Å². The van der Waals surface area contributed by atoms with E-state index in [0.717, 1.165) is 12.8 Å². The summed E-state index contributed by atoms with van der Waals surface area (Å²) in [6, 6.07) is 0. The molecule has 1 fully saturated rings. The van der Waals surface area contributed by atoms with Crippen LogP contribution in [0.3, 0.4) is 0 Å². The fraction of sp³-hybridized carbons (Fsp3) is 0.667. The van der Waals surface area contributed by atoms with Crippen LogP contribution in [-0.4, -0.2) is 35.9 Å². The van der Waals surface area contributed by atoms with Gasteiger partial charge in [-0.1, -0.05) is 6.58 Å². The molecule has 1 heterocycles. The number of cyclic esters (lactones) is 1. The number of hydrogen-bond acceptors (Lipinski definition) is 5. The number of carbonyl (C=O) groups excluding carboxylic acids is 2. The molecular weight excluding hydrogens is 224 g/mol. The van der Waals surface area contributed by atoms with Crippen LogP contribution in [0.2, 0.25) is 0 Å². The van der Waals surface area contributed by atoms with E-state index in [2.05, 4.69) is 6.58 Å². The minimum Gasteiger partial charge on any atom is -0.463 e. The Balaban J connectivity index is 2.88. The molecule has 0 spiro atoms. The van der Waals surface area contributed by atoms with E-state index in [4.69, 9.17) is 14.6 Å². The zero-order chi connectivity index (χ0) is 12.9. The van der Waals surface area contributed by atoms with Crippen LogP contribution in [0.25, 0.3) is 0 Å². The molecular formula is C12H18O5. The Morgan fingerprint density at radius 2 is 2.29 bits per heavy atom. The number of rotatable bonds is 4. The minimum atomic E-state index is -1.35. The van der Waals surface area contributed by atoms with Gasteiger partial charge < -0.3 is 14.6 Å². The lowest BCUT2D eigenvalue weighted by molar-refractivity contribution is -0.181. The van der Waals surface area contributed by atoms with Crippen molar-refractivity contribution in [3.8, 4) is 0 Å². The van der Waals surface area contributed by atoms with Crippen molar-refractivity contribution >= 4 is 11.9 Å². The fourth-order valence-corrected chi connectivity index (χ4v) is 1.73. The van der Waals surface area contributed by atoms with E-state index in [0.29, 0.717) is 13.0 Å². The summed E-state index contributed by atoms with van der Waals surface area (Å²) in [5.74, 6) is -1.20. The van der Waals surface area contributed by atoms with E-state index >= 15 is 0 Å². The highest BCUT2D eigenvalue weighted by atomic mass is 16.6. The van der Waals surface area contributed by atoms with Crippen LogP contribution >= 0.6 is 0 Å². The van der Waals surface area contributed by atoms with Gasteiger partial charge in [-0.25, -0.2) is 9.59 Å². The average Bonchev–Trinajstić information content (AvgIpc) is 2.43. The van der Waals surface area contributed by atoms with Crippen molar-refractivity contribution in [3.05, 3.63) is 12.2 Å². The van der Waals surface area contributed by atoms with Crippen molar-refractivity contribution < 1.29 is 24.2 Å². The second-order valence-corrected chi connectivity index (χ2v) is 4.23. The first kappa shape index (κ1) is 13.7. The largest absolute Gasteiger partial charge is 0.463 e. The Hall–Kier alpha value is -1.36. The molecule has 96 valence electrons. The number of ether oxygens (including phenoxy) is 2. The topological polar surface area (TPSA) is 72.8 Å². The number of hydrogen-bond donors (Lipinski definition) is 1. The maximum atomic E-state index is 11.8. The molecule has 17 heavy (non-hydrogen) atoms. The zero-order valence-corrected chi connectivity index (χ0v) is 10.0. The molecule has 0 saturated carbocycles. The highest BCUT2D eigenvalue weighted by Gasteiger charge is 2.44. The summed E-state index contributed by atoms with van der Waals surface area (Å²) in [5, 5.41) is 9.02. The van der Waals surface area contributed by atoms with Crippen molar-refractivity contribution in [2.24, 2.45) is 0 Å². The molecule has 1 atom stereocenters. The normalized spacial score (nSPS) is 24.7. The third-order valence-electron chi connectivity index (χ3n) is 2.73. The molecule has 0 amide bonds. The summed E-state index contributed by atoms with van der Waals surface area (Å²) in [5.41, 5.74) is -1.12. The molecule has 5 heteroatoms. The van der Waals surface area contributed by atoms with Crippen LogP contribution in [0.15, 0.2) is 12.2 Å². The van der Waals surface area contributed by atoms with E-state index in [-0.39, 0.29) is 18.6 Å². The van der Waals surface area contributed by atoms with E-state index in [9.17, 15) is 9.59 Å². The van der Waals surface area contributed by atoms with Crippen LogP contribution in [0.5, 0.6) is 0 Å². The Kier molecular flexibility index (Phi) is 4.69. The Labute approximate surface area is 100 Å². The number of carbonyl (C=O) groups is 2.